The molecule has 0 radical (unpaired) electrons. The molecule has 0 N–H and O–H groups in total. The molecule has 2 heterocycles. The van der Waals surface area contributed by atoms with Crippen molar-refractivity contribution in [3.05, 3.63) is 18.1 Å². The van der Waals surface area contributed by atoms with Gasteiger partial charge in [0.2, 0.25) is 0 Å². The summed E-state index contributed by atoms with van der Waals surface area (Å²) in [4.78, 5) is 8.11. The molecular formula is C8H8F2N4. The molecule has 0 aliphatic heterocycles. The minimum atomic E-state index is -2.43. The van der Waals surface area contributed by atoms with Crippen molar-refractivity contribution in [1.29, 1.82) is 0 Å². The third-order valence-corrected chi connectivity index (χ3v) is 1.78. The summed E-state index contributed by atoms with van der Waals surface area (Å²) in [6.07, 6.45) is 0.585. The summed E-state index contributed by atoms with van der Waals surface area (Å²) in [5.41, 5.74) is 1.63. The van der Waals surface area contributed by atoms with E-state index in [-0.39, 0.29) is 0 Å². The predicted molar refractivity (Wildman–Crippen MR) is 46.1 cm³/mol. The maximum atomic E-state index is 12.1. The van der Waals surface area contributed by atoms with Crippen LogP contribution in [0.25, 0.3) is 11.2 Å². The highest BCUT2D eigenvalue weighted by molar-refractivity contribution is 5.68. The van der Waals surface area contributed by atoms with Crippen LogP contribution in [0.4, 0.5) is 8.78 Å². The Kier molecular flexibility index (Phi) is 2.11. The topological polar surface area (TPSA) is 43.6 Å². The fourth-order valence-corrected chi connectivity index (χ4v) is 1.20. The van der Waals surface area contributed by atoms with E-state index in [4.69, 9.17) is 0 Å². The first kappa shape index (κ1) is 8.98. The number of alkyl halides is 2. The lowest BCUT2D eigenvalue weighted by molar-refractivity contribution is 0.123. The summed E-state index contributed by atoms with van der Waals surface area (Å²) >= 11 is 0. The van der Waals surface area contributed by atoms with Crippen molar-refractivity contribution in [2.75, 3.05) is 0 Å². The number of hydrogen-bond acceptors (Lipinski definition) is 3. The lowest BCUT2D eigenvalue weighted by atomic mass is 10.5. The van der Waals surface area contributed by atoms with Crippen LogP contribution in [0.3, 0.4) is 0 Å². The van der Waals surface area contributed by atoms with E-state index in [1.165, 1.54) is 10.9 Å². The first-order valence-electron chi connectivity index (χ1n) is 4.10. The van der Waals surface area contributed by atoms with Crippen LogP contribution in [0, 0.1) is 6.92 Å². The highest BCUT2D eigenvalue weighted by Crippen LogP contribution is 2.09. The molecule has 2 aromatic rings. The Hall–Kier alpha value is -1.59. The van der Waals surface area contributed by atoms with Crippen LogP contribution >= 0.6 is 0 Å². The normalized spacial score (nSPS) is 11.4. The maximum absolute atomic E-state index is 12.1. The van der Waals surface area contributed by atoms with Crippen molar-refractivity contribution in [2.24, 2.45) is 0 Å². The van der Waals surface area contributed by atoms with Crippen LogP contribution in [0.1, 0.15) is 5.69 Å². The van der Waals surface area contributed by atoms with Gasteiger partial charge in [-0.25, -0.2) is 23.4 Å². The van der Waals surface area contributed by atoms with Crippen LogP contribution in [0.2, 0.25) is 0 Å². The van der Waals surface area contributed by atoms with Gasteiger partial charge < -0.3 is 0 Å². The van der Waals surface area contributed by atoms with E-state index >= 15 is 0 Å². The Bertz CT molecular complexity index is 452. The van der Waals surface area contributed by atoms with E-state index in [0.717, 1.165) is 0 Å². The summed E-state index contributed by atoms with van der Waals surface area (Å²) < 4.78 is 25.4. The van der Waals surface area contributed by atoms with Gasteiger partial charge in [-0.3, -0.25) is 0 Å². The smallest absolute Gasteiger partial charge is 0.249 e. The van der Waals surface area contributed by atoms with Crippen LogP contribution in [-0.4, -0.2) is 26.2 Å². The summed E-state index contributed by atoms with van der Waals surface area (Å²) in [7, 11) is 0. The van der Waals surface area contributed by atoms with Crippen LogP contribution < -0.4 is 0 Å². The second kappa shape index (κ2) is 3.28. The highest BCUT2D eigenvalue weighted by Gasteiger charge is 2.10. The fraction of sp³-hybridized carbons (Fsp3) is 0.375. The van der Waals surface area contributed by atoms with E-state index in [2.05, 4.69) is 15.1 Å². The Labute approximate surface area is 78.6 Å². The van der Waals surface area contributed by atoms with Crippen LogP contribution in [0.5, 0.6) is 0 Å². The molecule has 0 bridgehead atoms. The zero-order chi connectivity index (χ0) is 10.1. The summed E-state index contributed by atoms with van der Waals surface area (Å²) in [6, 6.07) is 0. The highest BCUT2D eigenvalue weighted by atomic mass is 19.3. The molecular weight excluding hydrogens is 190 g/mol. The van der Waals surface area contributed by atoms with Gasteiger partial charge in [0.25, 0.3) is 6.43 Å². The Balaban J connectivity index is 2.50. The molecule has 4 nitrogen and oxygen atoms in total. The van der Waals surface area contributed by atoms with E-state index in [0.29, 0.717) is 16.9 Å². The molecule has 0 spiro atoms. The molecule has 0 saturated heterocycles. The van der Waals surface area contributed by atoms with Gasteiger partial charge in [-0.05, 0) is 6.92 Å². The third-order valence-electron chi connectivity index (χ3n) is 1.78. The molecule has 0 aliphatic rings. The molecule has 0 aromatic carbocycles. The Morgan fingerprint density at radius 3 is 2.93 bits per heavy atom. The second-order valence-electron chi connectivity index (χ2n) is 2.94. The number of nitrogens with zero attached hydrogens (tertiary/aromatic N) is 4. The van der Waals surface area contributed by atoms with Gasteiger partial charge in [-0.15, -0.1) is 0 Å². The average molecular weight is 198 g/mol. The molecule has 2 aromatic heterocycles. The molecule has 0 saturated carbocycles. The van der Waals surface area contributed by atoms with Gasteiger partial charge in [0, 0.05) is 6.20 Å². The largest absolute Gasteiger partial charge is 0.258 e. The molecule has 0 amide bonds. The third kappa shape index (κ3) is 1.55. The quantitative estimate of drug-likeness (QED) is 0.732. The molecule has 0 unspecified atom stereocenters. The Morgan fingerprint density at radius 2 is 2.21 bits per heavy atom. The van der Waals surface area contributed by atoms with Gasteiger partial charge in [0.1, 0.15) is 12.1 Å². The van der Waals surface area contributed by atoms with Crippen LogP contribution in [0.15, 0.2) is 12.4 Å². The predicted octanol–water partition coefficient (Wildman–Crippen LogP) is 1.40. The van der Waals surface area contributed by atoms with Gasteiger partial charge in [-0.2, -0.15) is 5.10 Å². The van der Waals surface area contributed by atoms with Gasteiger partial charge >= 0.3 is 0 Å². The summed E-state index contributed by atoms with van der Waals surface area (Å²) in [6.45, 7) is 1.31. The van der Waals surface area contributed by atoms with Crippen molar-refractivity contribution in [3.63, 3.8) is 0 Å². The standard InChI is InChI=1S/C8H8F2N4/c1-5-2-11-6-3-12-14(4-7(9)10)8(6)13-5/h2-3,7H,4H2,1H3. The first-order valence-corrected chi connectivity index (χ1v) is 4.10. The zero-order valence-corrected chi connectivity index (χ0v) is 7.48. The second-order valence-corrected chi connectivity index (χ2v) is 2.94. The number of aromatic nitrogens is 4. The van der Waals surface area contributed by atoms with Gasteiger partial charge in [0.05, 0.1) is 11.9 Å². The monoisotopic (exact) mass is 198 g/mol. The van der Waals surface area contributed by atoms with Gasteiger partial charge in [-0.1, -0.05) is 0 Å². The summed E-state index contributed by atoms with van der Waals surface area (Å²) in [5.74, 6) is 0. The molecule has 14 heavy (non-hydrogen) atoms. The average Bonchev–Trinajstić information content (AvgIpc) is 2.47. The van der Waals surface area contributed by atoms with Crippen LogP contribution in [-0.2, 0) is 6.54 Å². The van der Waals surface area contributed by atoms with Crippen molar-refractivity contribution in [2.45, 2.75) is 19.9 Å². The fourth-order valence-electron chi connectivity index (χ4n) is 1.20. The molecule has 0 atom stereocenters. The molecule has 6 heteroatoms. The molecule has 74 valence electrons. The van der Waals surface area contributed by atoms with Crippen molar-refractivity contribution in [1.82, 2.24) is 19.7 Å². The van der Waals surface area contributed by atoms with Crippen molar-refractivity contribution < 1.29 is 8.78 Å². The SMILES string of the molecule is Cc1cnc2cnn(CC(F)F)c2n1. The van der Waals surface area contributed by atoms with E-state index in [1.807, 2.05) is 0 Å². The number of fused-ring (bicyclic) bond motifs is 1. The number of hydrogen-bond donors (Lipinski definition) is 0. The lowest BCUT2D eigenvalue weighted by Crippen LogP contribution is -2.08. The maximum Gasteiger partial charge on any atom is 0.258 e. The van der Waals surface area contributed by atoms with Crippen molar-refractivity contribution >= 4 is 11.2 Å². The first-order chi connectivity index (χ1) is 6.66. The van der Waals surface area contributed by atoms with Gasteiger partial charge in [0.15, 0.2) is 5.65 Å². The number of rotatable bonds is 2. The lowest BCUT2D eigenvalue weighted by Gasteiger charge is -2.00. The molecule has 2 rings (SSSR count). The van der Waals surface area contributed by atoms with E-state index in [1.54, 1.807) is 13.1 Å². The number of halogens is 2. The minimum absolute atomic E-state index is 0.408. The van der Waals surface area contributed by atoms with E-state index < -0.39 is 13.0 Å². The van der Waals surface area contributed by atoms with E-state index in [9.17, 15) is 8.78 Å². The summed E-state index contributed by atoms with van der Waals surface area (Å²) in [5, 5.41) is 3.79. The van der Waals surface area contributed by atoms with Crippen molar-refractivity contribution in [3.8, 4) is 0 Å². The molecule has 0 aliphatic carbocycles. The zero-order valence-electron chi connectivity index (χ0n) is 7.48. The number of aryl methyl sites for hydroxylation is 1. The Morgan fingerprint density at radius 1 is 1.43 bits per heavy atom. The molecule has 0 fully saturated rings. The minimum Gasteiger partial charge on any atom is -0.249 e.